The van der Waals surface area contributed by atoms with Gasteiger partial charge in [0.2, 0.25) is 0 Å². The van der Waals surface area contributed by atoms with E-state index in [0.717, 1.165) is 38.5 Å². The minimum atomic E-state index is -0.443. The van der Waals surface area contributed by atoms with E-state index in [1.54, 1.807) is 0 Å². The summed E-state index contributed by atoms with van der Waals surface area (Å²) in [7, 11) is 0. The van der Waals surface area contributed by atoms with E-state index >= 15 is 0 Å². The monoisotopic (exact) mass is 346 g/mol. The molecule has 0 radical (unpaired) electrons. The van der Waals surface area contributed by atoms with Gasteiger partial charge in [0.1, 0.15) is 12.7 Å². The van der Waals surface area contributed by atoms with Crippen molar-refractivity contribution >= 4 is 24.6 Å². The molecule has 136 valence electrons. The number of hydrogen-bond acceptors (Lipinski definition) is 5. The quantitative estimate of drug-likeness (QED) is 0.265. The van der Waals surface area contributed by atoms with E-state index in [4.69, 9.17) is 9.47 Å². The molecule has 0 N–H and O–H groups in total. The summed E-state index contributed by atoms with van der Waals surface area (Å²) in [5, 5.41) is 0. The van der Waals surface area contributed by atoms with Gasteiger partial charge in [-0.25, -0.2) is 0 Å². The lowest BCUT2D eigenvalue weighted by atomic mass is 10.1. The van der Waals surface area contributed by atoms with Crippen LogP contribution in [0, 0.1) is 0 Å². The zero-order valence-electron chi connectivity index (χ0n) is 14.8. The van der Waals surface area contributed by atoms with Gasteiger partial charge >= 0.3 is 11.9 Å². The molecule has 0 aliphatic rings. The molecule has 0 aliphatic carbocycles. The first-order chi connectivity index (χ1) is 11.1. The number of carbonyl (C=O) groups is 2. The van der Waals surface area contributed by atoms with E-state index in [0.29, 0.717) is 18.6 Å². The number of carbonyl (C=O) groups excluding carboxylic acids is 2. The number of unbranched alkanes of at least 4 members (excludes halogenated alkanes) is 7. The van der Waals surface area contributed by atoms with E-state index in [9.17, 15) is 9.59 Å². The summed E-state index contributed by atoms with van der Waals surface area (Å²) in [4.78, 5) is 23.3. The second kappa shape index (κ2) is 16.2. The van der Waals surface area contributed by atoms with Crippen molar-refractivity contribution in [2.24, 2.45) is 0 Å². The Morgan fingerprint density at radius 1 is 0.826 bits per heavy atom. The molecule has 0 rings (SSSR count). The van der Waals surface area contributed by atoms with Crippen LogP contribution in [0.4, 0.5) is 0 Å². The molecule has 23 heavy (non-hydrogen) atoms. The van der Waals surface area contributed by atoms with Crippen LogP contribution in [0.1, 0.15) is 84.5 Å². The summed E-state index contributed by atoms with van der Waals surface area (Å²) >= 11 is 4.16. The zero-order chi connectivity index (χ0) is 17.3. The molecule has 0 saturated heterocycles. The van der Waals surface area contributed by atoms with Gasteiger partial charge in [-0.3, -0.25) is 9.59 Å². The summed E-state index contributed by atoms with van der Waals surface area (Å²) in [6.45, 7) is 4.41. The van der Waals surface area contributed by atoms with Crippen molar-refractivity contribution in [3.05, 3.63) is 0 Å². The van der Waals surface area contributed by atoms with Crippen LogP contribution in [0.3, 0.4) is 0 Å². The van der Waals surface area contributed by atoms with Gasteiger partial charge in [-0.15, -0.1) is 0 Å². The average molecular weight is 347 g/mol. The van der Waals surface area contributed by atoms with Gasteiger partial charge in [-0.2, -0.15) is 12.6 Å². The predicted octanol–water partition coefficient (Wildman–Crippen LogP) is 4.70. The van der Waals surface area contributed by atoms with Gasteiger partial charge in [0, 0.05) is 18.6 Å². The van der Waals surface area contributed by atoms with Crippen LogP contribution in [0.5, 0.6) is 0 Å². The molecular weight excluding hydrogens is 312 g/mol. The van der Waals surface area contributed by atoms with E-state index in [1.165, 1.54) is 19.3 Å². The van der Waals surface area contributed by atoms with Crippen LogP contribution < -0.4 is 0 Å². The maximum atomic E-state index is 11.7. The number of rotatable bonds is 15. The molecule has 0 fully saturated rings. The van der Waals surface area contributed by atoms with Crippen molar-refractivity contribution in [3.8, 4) is 0 Å². The lowest BCUT2D eigenvalue weighted by molar-refractivity contribution is -0.157. The lowest BCUT2D eigenvalue weighted by Crippen LogP contribution is -2.26. The molecule has 0 saturated carbocycles. The van der Waals surface area contributed by atoms with Crippen LogP contribution >= 0.6 is 12.6 Å². The topological polar surface area (TPSA) is 52.6 Å². The van der Waals surface area contributed by atoms with E-state index in [1.807, 2.05) is 0 Å². The highest BCUT2D eigenvalue weighted by Gasteiger charge is 2.15. The fraction of sp³-hybridized carbons (Fsp3) is 0.889. The Balaban J connectivity index is 3.74. The molecule has 0 heterocycles. The maximum absolute atomic E-state index is 11.7. The summed E-state index contributed by atoms with van der Waals surface area (Å²) in [6, 6.07) is 0. The highest BCUT2D eigenvalue weighted by molar-refractivity contribution is 7.80. The predicted molar refractivity (Wildman–Crippen MR) is 96.8 cm³/mol. The molecule has 0 amide bonds. The normalized spacial score (nSPS) is 12.0. The Kier molecular flexibility index (Phi) is 15.7. The molecular formula is C18H34O4S. The third-order valence-electron chi connectivity index (χ3n) is 3.65. The lowest BCUT2D eigenvalue weighted by Gasteiger charge is -2.16. The van der Waals surface area contributed by atoms with Crippen molar-refractivity contribution in [2.75, 3.05) is 12.4 Å². The van der Waals surface area contributed by atoms with Gasteiger partial charge in [0.05, 0.1) is 0 Å². The maximum Gasteiger partial charge on any atom is 0.306 e. The summed E-state index contributed by atoms with van der Waals surface area (Å²) in [6.07, 6.45) is 10.1. The molecule has 0 bridgehead atoms. The Morgan fingerprint density at radius 2 is 1.35 bits per heavy atom. The van der Waals surface area contributed by atoms with Gasteiger partial charge in [0.25, 0.3) is 0 Å². The summed E-state index contributed by atoms with van der Waals surface area (Å²) in [5.74, 6) is -0.0761. The molecule has 0 unspecified atom stereocenters. The molecule has 0 aromatic rings. The SMILES string of the molecule is CCCCCCCC(=O)OC[C@H](CS)OC(=O)CCCCCC. The standard InChI is InChI=1S/C18H34O4S/c1-3-5-7-9-11-12-17(19)21-14-16(15-23)22-18(20)13-10-8-6-4-2/h16,23H,3-15H2,1-2H3/t16-/m1/s1. The van der Waals surface area contributed by atoms with Crippen LogP contribution in [-0.2, 0) is 19.1 Å². The number of esters is 2. The number of ether oxygens (including phenoxy) is 2. The average Bonchev–Trinajstić information content (AvgIpc) is 2.55. The Bertz CT molecular complexity index is 307. The fourth-order valence-corrected chi connectivity index (χ4v) is 2.38. The van der Waals surface area contributed by atoms with Gasteiger partial charge in [0.15, 0.2) is 0 Å². The van der Waals surface area contributed by atoms with E-state index in [-0.39, 0.29) is 18.5 Å². The van der Waals surface area contributed by atoms with Crippen LogP contribution in [0.25, 0.3) is 0 Å². The van der Waals surface area contributed by atoms with E-state index in [2.05, 4.69) is 26.5 Å². The fourth-order valence-electron chi connectivity index (χ4n) is 2.20. The van der Waals surface area contributed by atoms with Crippen molar-refractivity contribution in [1.82, 2.24) is 0 Å². The molecule has 5 heteroatoms. The smallest absolute Gasteiger partial charge is 0.306 e. The molecule has 0 aliphatic heterocycles. The van der Waals surface area contributed by atoms with Crippen molar-refractivity contribution in [2.45, 2.75) is 90.6 Å². The minimum Gasteiger partial charge on any atom is -0.462 e. The largest absolute Gasteiger partial charge is 0.462 e. The van der Waals surface area contributed by atoms with Crippen LogP contribution in [-0.4, -0.2) is 30.4 Å². The molecule has 0 aromatic heterocycles. The van der Waals surface area contributed by atoms with Crippen molar-refractivity contribution in [1.29, 1.82) is 0 Å². The van der Waals surface area contributed by atoms with Crippen molar-refractivity contribution < 1.29 is 19.1 Å². The number of thiol groups is 1. The molecule has 0 spiro atoms. The van der Waals surface area contributed by atoms with Gasteiger partial charge < -0.3 is 9.47 Å². The van der Waals surface area contributed by atoms with Crippen molar-refractivity contribution in [3.63, 3.8) is 0 Å². The van der Waals surface area contributed by atoms with Gasteiger partial charge in [-0.05, 0) is 12.8 Å². The highest BCUT2D eigenvalue weighted by atomic mass is 32.1. The first kappa shape index (κ1) is 22.3. The molecule has 1 atom stereocenters. The second-order valence-electron chi connectivity index (χ2n) is 5.95. The minimum absolute atomic E-state index is 0.109. The van der Waals surface area contributed by atoms with E-state index < -0.39 is 6.10 Å². The summed E-state index contributed by atoms with van der Waals surface area (Å²) in [5.41, 5.74) is 0. The van der Waals surface area contributed by atoms with Crippen LogP contribution in [0.2, 0.25) is 0 Å². The Hall–Kier alpha value is -0.710. The first-order valence-electron chi connectivity index (χ1n) is 9.09. The third kappa shape index (κ3) is 14.6. The summed E-state index contributed by atoms with van der Waals surface area (Å²) < 4.78 is 10.5. The Morgan fingerprint density at radius 3 is 1.91 bits per heavy atom. The Labute approximate surface area is 147 Å². The first-order valence-corrected chi connectivity index (χ1v) is 9.73. The highest BCUT2D eigenvalue weighted by Crippen LogP contribution is 2.08. The zero-order valence-corrected chi connectivity index (χ0v) is 15.7. The molecule has 4 nitrogen and oxygen atoms in total. The third-order valence-corrected chi connectivity index (χ3v) is 4.06. The molecule has 0 aromatic carbocycles. The number of hydrogen-bond donors (Lipinski definition) is 1. The second-order valence-corrected chi connectivity index (χ2v) is 6.32. The van der Waals surface area contributed by atoms with Crippen LogP contribution in [0.15, 0.2) is 0 Å². The van der Waals surface area contributed by atoms with Gasteiger partial charge in [-0.1, -0.05) is 58.8 Å².